The van der Waals surface area contributed by atoms with Crippen molar-refractivity contribution in [1.82, 2.24) is 15.2 Å². The average Bonchev–Trinajstić information content (AvgIpc) is 3.25. The van der Waals surface area contributed by atoms with Crippen molar-refractivity contribution in [3.63, 3.8) is 0 Å². The number of hydrogen-bond acceptors (Lipinski definition) is 6. The van der Waals surface area contributed by atoms with Crippen molar-refractivity contribution in [2.24, 2.45) is 0 Å². The lowest BCUT2D eigenvalue weighted by Crippen LogP contribution is -2.56. The van der Waals surface area contributed by atoms with Gasteiger partial charge >= 0.3 is 12.1 Å². The first-order chi connectivity index (χ1) is 16.8. The standard InChI is InChI=1S/C25H28F3N3O4/c1-34-24(33)20-14-18-15-31(20)23(32)21(25(26,27)28)29-11-6-4-2-3-5-7-16-8-9-17-10-12-30-22(35-18)19(17)13-16/h5,7-10,12-13,18,20-21,29H,2-4,6,11,14-15H2,1H3/t18-,20+,21?/m1/s1. The van der Waals surface area contributed by atoms with E-state index < -0.39 is 36.2 Å². The van der Waals surface area contributed by atoms with Gasteiger partial charge in [0, 0.05) is 18.0 Å². The van der Waals surface area contributed by atoms with E-state index in [4.69, 9.17) is 9.47 Å². The molecule has 4 rings (SSSR count). The molecule has 2 aliphatic rings. The largest absolute Gasteiger partial charge is 0.472 e. The summed E-state index contributed by atoms with van der Waals surface area (Å²) in [4.78, 5) is 30.7. The molecule has 7 nitrogen and oxygen atoms in total. The van der Waals surface area contributed by atoms with Gasteiger partial charge in [-0.15, -0.1) is 0 Å². The number of nitrogens with one attached hydrogen (secondary N) is 1. The number of esters is 1. The molecule has 2 aromatic rings. The minimum absolute atomic E-state index is 0.000646. The van der Waals surface area contributed by atoms with Gasteiger partial charge in [-0.05, 0) is 48.9 Å². The Morgan fingerprint density at radius 3 is 2.83 bits per heavy atom. The summed E-state index contributed by atoms with van der Waals surface area (Å²) in [5, 5.41) is 3.98. The van der Waals surface area contributed by atoms with Crippen LogP contribution < -0.4 is 10.1 Å². The molecule has 3 atom stereocenters. The average molecular weight is 492 g/mol. The van der Waals surface area contributed by atoms with Gasteiger partial charge in [-0.25, -0.2) is 9.78 Å². The molecule has 10 heteroatoms. The fourth-order valence-corrected chi connectivity index (χ4v) is 4.54. The van der Waals surface area contributed by atoms with Gasteiger partial charge in [-0.3, -0.25) is 10.1 Å². The molecular weight excluding hydrogens is 463 g/mol. The number of rotatable bonds is 1. The number of amides is 1. The zero-order chi connectivity index (χ0) is 25.0. The third kappa shape index (κ3) is 5.75. The second-order valence-corrected chi connectivity index (χ2v) is 8.78. The number of allylic oxidation sites excluding steroid dienone is 1. The summed E-state index contributed by atoms with van der Waals surface area (Å²) >= 11 is 0. The molecule has 35 heavy (non-hydrogen) atoms. The molecule has 1 aromatic carbocycles. The van der Waals surface area contributed by atoms with E-state index in [1.54, 1.807) is 6.20 Å². The molecular formula is C25H28F3N3O4. The number of methoxy groups -OCH3 is 1. The predicted octanol–water partition coefficient (Wildman–Crippen LogP) is 3.86. The van der Waals surface area contributed by atoms with Crippen molar-refractivity contribution in [1.29, 1.82) is 0 Å². The highest BCUT2D eigenvalue weighted by atomic mass is 19.4. The number of benzene rings is 1. The highest BCUT2D eigenvalue weighted by molar-refractivity contribution is 5.90. The van der Waals surface area contributed by atoms with Crippen LogP contribution in [0.2, 0.25) is 0 Å². The number of nitrogens with zero attached hydrogens (tertiary/aromatic N) is 2. The van der Waals surface area contributed by atoms with Crippen LogP contribution in [-0.2, 0) is 14.3 Å². The van der Waals surface area contributed by atoms with Crippen LogP contribution >= 0.6 is 0 Å². The summed E-state index contributed by atoms with van der Waals surface area (Å²) in [6.07, 6.45) is 2.88. The van der Waals surface area contributed by atoms with Crippen molar-refractivity contribution in [2.45, 2.75) is 56.5 Å². The molecule has 3 heterocycles. The zero-order valence-electron chi connectivity index (χ0n) is 19.4. The Bertz CT molecular complexity index is 1110. The van der Waals surface area contributed by atoms with Crippen LogP contribution in [-0.4, -0.2) is 66.3 Å². The summed E-state index contributed by atoms with van der Waals surface area (Å²) in [6, 6.07) is 4.12. The number of aromatic nitrogens is 1. The van der Waals surface area contributed by atoms with Crippen LogP contribution in [0.25, 0.3) is 16.8 Å². The molecule has 0 aliphatic carbocycles. The molecule has 2 aliphatic heterocycles. The number of halogens is 3. The molecule has 0 saturated carbocycles. The van der Waals surface area contributed by atoms with E-state index in [1.807, 2.05) is 36.4 Å². The van der Waals surface area contributed by atoms with Gasteiger partial charge in [0.05, 0.1) is 13.7 Å². The molecule has 1 fully saturated rings. The van der Waals surface area contributed by atoms with Gasteiger partial charge in [-0.1, -0.05) is 30.7 Å². The molecule has 1 unspecified atom stereocenters. The van der Waals surface area contributed by atoms with Crippen molar-refractivity contribution in [2.75, 3.05) is 20.2 Å². The van der Waals surface area contributed by atoms with E-state index in [9.17, 15) is 22.8 Å². The highest BCUT2D eigenvalue weighted by Crippen LogP contribution is 2.31. The maximum absolute atomic E-state index is 13.8. The van der Waals surface area contributed by atoms with Crippen molar-refractivity contribution in [3.05, 3.63) is 42.1 Å². The van der Waals surface area contributed by atoms with Gasteiger partial charge in [0.15, 0.2) is 6.04 Å². The lowest BCUT2D eigenvalue weighted by molar-refractivity contribution is -0.178. The minimum atomic E-state index is -4.81. The van der Waals surface area contributed by atoms with E-state index in [1.165, 1.54) is 0 Å². The van der Waals surface area contributed by atoms with Crippen molar-refractivity contribution < 1.29 is 32.2 Å². The summed E-state index contributed by atoms with van der Waals surface area (Å²) < 4.78 is 52.3. The van der Waals surface area contributed by atoms with Crippen LogP contribution in [0.4, 0.5) is 13.2 Å². The predicted molar refractivity (Wildman–Crippen MR) is 124 cm³/mol. The topological polar surface area (TPSA) is 80.8 Å². The maximum atomic E-state index is 13.8. The maximum Gasteiger partial charge on any atom is 0.412 e. The molecule has 0 spiro atoms. The van der Waals surface area contributed by atoms with Crippen LogP contribution in [0.1, 0.15) is 37.7 Å². The van der Waals surface area contributed by atoms with Gasteiger partial charge < -0.3 is 14.4 Å². The lowest BCUT2D eigenvalue weighted by atomic mass is 10.1. The van der Waals surface area contributed by atoms with Crippen molar-refractivity contribution in [3.8, 4) is 5.88 Å². The van der Waals surface area contributed by atoms with E-state index in [2.05, 4.69) is 10.3 Å². The van der Waals surface area contributed by atoms with E-state index in [0.29, 0.717) is 18.7 Å². The first-order valence-corrected chi connectivity index (χ1v) is 11.7. The van der Waals surface area contributed by atoms with E-state index >= 15 is 0 Å². The summed E-state index contributed by atoms with van der Waals surface area (Å²) in [7, 11) is 1.14. The number of ether oxygens (including phenoxy) is 2. The summed E-state index contributed by atoms with van der Waals surface area (Å²) in [5.41, 5.74) is 0.974. The van der Waals surface area contributed by atoms with Crippen LogP contribution in [0, 0.1) is 0 Å². The van der Waals surface area contributed by atoms with Crippen molar-refractivity contribution >= 4 is 28.7 Å². The normalized spacial score (nSPS) is 24.2. The molecule has 0 radical (unpaired) electrons. The second-order valence-electron chi connectivity index (χ2n) is 8.78. The SMILES string of the molecule is COC(=O)[C@@H]1C[C@@H]2CN1C(=O)C(C(F)(F)F)NCCCCCC=Cc1ccc3ccnc(c3c1)O2. The molecule has 1 amide bonds. The number of pyridine rings is 1. The fraction of sp³-hybridized carbons (Fsp3) is 0.480. The lowest BCUT2D eigenvalue weighted by Gasteiger charge is -2.29. The Morgan fingerprint density at radius 2 is 2.06 bits per heavy atom. The Kier molecular flexibility index (Phi) is 7.59. The number of fused-ring (bicyclic) bond motifs is 3. The highest BCUT2D eigenvalue weighted by Gasteiger charge is 2.51. The molecule has 1 N–H and O–H groups in total. The Morgan fingerprint density at radius 1 is 1.23 bits per heavy atom. The second kappa shape index (κ2) is 10.6. The number of alkyl halides is 3. The first kappa shape index (κ1) is 25.0. The van der Waals surface area contributed by atoms with Gasteiger partial charge in [-0.2, -0.15) is 13.2 Å². The first-order valence-electron chi connectivity index (χ1n) is 11.7. The van der Waals surface area contributed by atoms with Crippen LogP contribution in [0.3, 0.4) is 0 Å². The van der Waals surface area contributed by atoms with E-state index in [-0.39, 0.29) is 19.5 Å². The van der Waals surface area contributed by atoms with Crippen LogP contribution in [0.15, 0.2) is 36.5 Å². The Balaban J connectivity index is 1.70. The van der Waals surface area contributed by atoms with E-state index in [0.717, 1.165) is 41.2 Å². The molecule has 4 bridgehead atoms. The van der Waals surface area contributed by atoms with Crippen LogP contribution in [0.5, 0.6) is 5.88 Å². The molecule has 1 aromatic heterocycles. The number of carbonyl (C=O) groups is 2. The molecule has 1 saturated heterocycles. The third-order valence-corrected chi connectivity index (χ3v) is 6.33. The summed E-state index contributed by atoms with van der Waals surface area (Å²) in [6.45, 7) is -0.158. The minimum Gasteiger partial charge on any atom is -0.472 e. The fourth-order valence-electron chi connectivity index (χ4n) is 4.54. The Labute approximate surface area is 201 Å². The van der Waals surface area contributed by atoms with Gasteiger partial charge in [0.1, 0.15) is 12.1 Å². The molecule has 188 valence electrons. The number of hydrogen-bond donors (Lipinski definition) is 1. The zero-order valence-corrected chi connectivity index (χ0v) is 19.4. The smallest absolute Gasteiger partial charge is 0.412 e. The quantitative estimate of drug-likeness (QED) is 0.611. The Hall–Kier alpha value is -3.14. The third-order valence-electron chi connectivity index (χ3n) is 6.33. The monoisotopic (exact) mass is 491 g/mol. The summed E-state index contributed by atoms with van der Waals surface area (Å²) in [5.74, 6) is -1.70. The van der Waals surface area contributed by atoms with Gasteiger partial charge in [0.25, 0.3) is 0 Å². The van der Waals surface area contributed by atoms with Gasteiger partial charge in [0.2, 0.25) is 11.8 Å². The number of carbonyl (C=O) groups excluding carboxylic acids is 2.